The lowest BCUT2D eigenvalue weighted by Crippen LogP contribution is -2.41. The van der Waals surface area contributed by atoms with Crippen molar-refractivity contribution in [2.75, 3.05) is 33.3 Å². The number of nitrogens with zero attached hydrogens (tertiary/aromatic N) is 1. The molecule has 1 N–H and O–H groups in total. The van der Waals surface area contributed by atoms with E-state index < -0.39 is 0 Å². The van der Waals surface area contributed by atoms with Gasteiger partial charge in [0.15, 0.2) is 0 Å². The third kappa shape index (κ3) is 3.19. The SMILES string of the molecule is CC1CNCC1C(=O)N(C)CC1CCCCO1. The number of carbonyl (C=O) groups excluding carboxylic acids is 1. The predicted octanol–water partition coefficient (Wildman–Crippen LogP) is 0.869. The van der Waals surface area contributed by atoms with Crippen molar-refractivity contribution in [1.82, 2.24) is 10.2 Å². The van der Waals surface area contributed by atoms with Gasteiger partial charge in [-0.2, -0.15) is 0 Å². The molecule has 4 heteroatoms. The van der Waals surface area contributed by atoms with Gasteiger partial charge in [0, 0.05) is 26.7 Å². The van der Waals surface area contributed by atoms with Gasteiger partial charge in [0.1, 0.15) is 0 Å². The Hall–Kier alpha value is -0.610. The molecule has 2 heterocycles. The van der Waals surface area contributed by atoms with Crippen LogP contribution in [-0.2, 0) is 9.53 Å². The van der Waals surface area contributed by atoms with E-state index in [-0.39, 0.29) is 17.9 Å². The summed E-state index contributed by atoms with van der Waals surface area (Å²) in [5, 5.41) is 3.28. The minimum atomic E-state index is 0.156. The molecule has 17 heavy (non-hydrogen) atoms. The molecule has 2 rings (SSSR count). The first kappa shape index (κ1) is 12.8. The maximum Gasteiger partial charge on any atom is 0.227 e. The van der Waals surface area contributed by atoms with E-state index in [1.54, 1.807) is 0 Å². The van der Waals surface area contributed by atoms with Crippen LogP contribution >= 0.6 is 0 Å². The zero-order valence-corrected chi connectivity index (χ0v) is 10.9. The molecular weight excluding hydrogens is 216 g/mol. The quantitative estimate of drug-likeness (QED) is 0.796. The largest absolute Gasteiger partial charge is 0.376 e. The Bertz CT molecular complexity index is 264. The number of nitrogens with one attached hydrogen (secondary N) is 1. The molecule has 2 saturated heterocycles. The highest BCUT2D eigenvalue weighted by Gasteiger charge is 2.32. The number of likely N-dealkylation sites (N-methyl/N-ethyl adjacent to an activating group) is 1. The fourth-order valence-corrected chi connectivity index (χ4v) is 2.77. The molecule has 3 unspecified atom stereocenters. The highest BCUT2D eigenvalue weighted by Crippen LogP contribution is 2.19. The number of carbonyl (C=O) groups is 1. The van der Waals surface area contributed by atoms with Crippen molar-refractivity contribution in [3.8, 4) is 0 Å². The van der Waals surface area contributed by atoms with Gasteiger partial charge in [0.2, 0.25) is 5.91 Å². The van der Waals surface area contributed by atoms with Crippen LogP contribution in [0.2, 0.25) is 0 Å². The fourth-order valence-electron chi connectivity index (χ4n) is 2.77. The molecule has 0 aromatic carbocycles. The molecule has 3 atom stereocenters. The molecule has 0 spiro atoms. The van der Waals surface area contributed by atoms with Crippen molar-refractivity contribution in [1.29, 1.82) is 0 Å². The highest BCUT2D eigenvalue weighted by atomic mass is 16.5. The van der Waals surface area contributed by atoms with E-state index in [2.05, 4.69) is 12.2 Å². The van der Waals surface area contributed by atoms with E-state index >= 15 is 0 Å². The second-order valence-electron chi connectivity index (χ2n) is 5.45. The normalized spacial score (nSPS) is 33.6. The Morgan fingerprint density at radius 2 is 2.24 bits per heavy atom. The van der Waals surface area contributed by atoms with Crippen LogP contribution in [0.15, 0.2) is 0 Å². The monoisotopic (exact) mass is 240 g/mol. The van der Waals surface area contributed by atoms with Crippen LogP contribution in [0.25, 0.3) is 0 Å². The summed E-state index contributed by atoms with van der Waals surface area (Å²) < 4.78 is 5.68. The molecule has 0 aliphatic carbocycles. The molecule has 1 amide bonds. The van der Waals surface area contributed by atoms with Crippen LogP contribution < -0.4 is 5.32 Å². The van der Waals surface area contributed by atoms with Gasteiger partial charge in [-0.3, -0.25) is 4.79 Å². The van der Waals surface area contributed by atoms with Crippen molar-refractivity contribution in [2.45, 2.75) is 32.3 Å². The van der Waals surface area contributed by atoms with Gasteiger partial charge in [-0.05, 0) is 31.7 Å². The molecule has 0 saturated carbocycles. The van der Waals surface area contributed by atoms with Crippen molar-refractivity contribution >= 4 is 5.91 Å². The first-order chi connectivity index (χ1) is 8.18. The molecule has 0 aromatic heterocycles. The first-order valence-electron chi connectivity index (χ1n) is 6.76. The average Bonchev–Trinajstić information content (AvgIpc) is 2.76. The standard InChI is InChI=1S/C13H24N2O2/c1-10-7-14-8-12(10)13(16)15(2)9-11-5-3-4-6-17-11/h10-12,14H,3-9H2,1-2H3. The van der Waals surface area contributed by atoms with Crippen LogP contribution in [0.3, 0.4) is 0 Å². The summed E-state index contributed by atoms with van der Waals surface area (Å²) in [7, 11) is 1.91. The summed E-state index contributed by atoms with van der Waals surface area (Å²) in [5.41, 5.74) is 0. The number of hydrogen-bond donors (Lipinski definition) is 1. The fraction of sp³-hybridized carbons (Fsp3) is 0.923. The highest BCUT2D eigenvalue weighted by molar-refractivity contribution is 5.79. The van der Waals surface area contributed by atoms with Gasteiger partial charge in [0.25, 0.3) is 0 Å². The number of ether oxygens (including phenoxy) is 1. The van der Waals surface area contributed by atoms with Crippen LogP contribution in [0.1, 0.15) is 26.2 Å². The van der Waals surface area contributed by atoms with Crippen LogP contribution in [0, 0.1) is 11.8 Å². The van der Waals surface area contributed by atoms with Gasteiger partial charge < -0.3 is 15.0 Å². The van der Waals surface area contributed by atoms with E-state index in [9.17, 15) is 4.79 Å². The van der Waals surface area contributed by atoms with Gasteiger partial charge in [-0.15, -0.1) is 0 Å². The Labute approximate surface area is 104 Å². The average molecular weight is 240 g/mol. The lowest BCUT2D eigenvalue weighted by Gasteiger charge is -2.29. The summed E-state index contributed by atoms with van der Waals surface area (Å²) in [5.74, 6) is 0.887. The molecule has 2 fully saturated rings. The Morgan fingerprint density at radius 3 is 2.82 bits per heavy atom. The van der Waals surface area contributed by atoms with Crippen molar-refractivity contribution in [2.24, 2.45) is 11.8 Å². The molecule has 2 aliphatic rings. The minimum Gasteiger partial charge on any atom is -0.376 e. The van der Waals surface area contributed by atoms with Crippen molar-refractivity contribution in [3.63, 3.8) is 0 Å². The van der Waals surface area contributed by atoms with E-state index in [0.29, 0.717) is 5.92 Å². The number of hydrogen-bond acceptors (Lipinski definition) is 3. The van der Waals surface area contributed by atoms with Gasteiger partial charge in [0.05, 0.1) is 12.0 Å². The summed E-state index contributed by atoms with van der Waals surface area (Å²) in [6, 6.07) is 0. The van der Waals surface area contributed by atoms with E-state index in [1.807, 2.05) is 11.9 Å². The Kier molecular flexibility index (Phi) is 4.40. The Balaban J connectivity index is 1.81. The second kappa shape index (κ2) is 5.83. The number of rotatable bonds is 3. The first-order valence-corrected chi connectivity index (χ1v) is 6.76. The third-order valence-electron chi connectivity index (χ3n) is 3.96. The topological polar surface area (TPSA) is 41.6 Å². The summed E-state index contributed by atoms with van der Waals surface area (Å²) in [6.07, 6.45) is 3.74. The second-order valence-corrected chi connectivity index (χ2v) is 5.45. The molecule has 0 bridgehead atoms. The molecule has 2 aliphatic heterocycles. The van der Waals surface area contributed by atoms with Gasteiger partial charge in [-0.25, -0.2) is 0 Å². The van der Waals surface area contributed by atoms with E-state index in [0.717, 1.165) is 39.1 Å². The zero-order chi connectivity index (χ0) is 12.3. The van der Waals surface area contributed by atoms with Gasteiger partial charge >= 0.3 is 0 Å². The zero-order valence-electron chi connectivity index (χ0n) is 10.9. The molecule has 0 radical (unpaired) electrons. The van der Waals surface area contributed by atoms with Crippen LogP contribution in [-0.4, -0.2) is 50.2 Å². The van der Waals surface area contributed by atoms with E-state index in [1.165, 1.54) is 6.42 Å². The number of amides is 1. The molecule has 98 valence electrons. The summed E-state index contributed by atoms with van der Waals surface area (Å²) in [6.45, 7) is 5.55. The van der Waals surface area contributed by atoms with Crippen LogP contribution in [0.4, 0.5) is 0 Å². The van der Waals surface area contributed by atoms with Crippen molar-refractivity contribution in [3.05, 3.63) is 0 Å². The smallest absolute Gasteiger partial charge is 0.227 e. The summed E-state index contributed by atoms with van der Waals surface area (Å²) in [4.78, 5) is 14.1. The maximum absolute atomic E-state index is 12.3. The minimum absolute atomic E-state index is 0.156. The van der Waals surface area contributed by atoms with Gasteiger partial charge in [-0.1, -0.05) is 6.92 Å². The maximum atomic E-state index is 12.3. The van der Waals surface area contributed by atoms with E-state index in [4.69, 9.17) is 4.74 Å². The molecule has 4 nitrogen and oxygen atoms in total. The third-order valence-corrected chi connectivity index (χ3v) is 3.96. The summed E-state index contributed by atoms with van der Waals surface area (Å²) >= 11 is 0. The molecule has 0 aromatic rings. The Morgan fingerprint density at radius 1 is 1.41 bits per heavy atom. The van der Waals surface area contributed by atoms with Crippen molar-refractivity contribution < 1.29 is 9.53 Å². The lowest BCUT2D eigenvalue weighted by molar-refractivity contribution is -0.137. The lowest BCUT2D eigenvalue weighted by atomic mass is 9.96. The van der Waals surface area contributed by atoms with Crippen LogP contribution in [0.5, 0.6) is 0 Å². The molecular formula is C13H24N2O2. The predicted molar refractivity (Wildman–Crippen MR) is 66.8 cm³/mol.